The van der Waals surface area contributed by atoms with Gasteiger partial charge in [0.2, 0.25) is 0 Å². The molecule has 0 saturated carbocycles. The molecule has 0 bridgehead atoms. The average Bonchev–Trinajstić information content (AvgIpc) is 3.15. The van der Waals surface area contributed by atoms with E-state index in [9.17, 15) is 14.7 Å². The molecule has 1 N–H and O–H groups in total. The van der Waals surface area contributed by atoms with E-state index in [-0.39, 0.29) is 21.6 Å². The van der Waals surface area contributed by atoms with Crippen LogP contribution in [0.2, 0.25) is 0 Å². The number of nitrogens with zero attached hydrogens (tertiary/aromatic N) is 1. The molecule has 0 radical (unpaired) electrons. The first-order valence-corrected chi connectivity index (χ1v) is 13.3. The van der Waals surface area contributed by atoms with E-state index in [1.807, 2.05) is 60.7 Å². The summed E-state index contributed by atoms with van der Waals surface area (Å²) >= 11 is -0.288. The zero-order valence-corrected chi connectivity index (χ0v) is 20.3. The Morgan fingerprint density at radius 1 is 0.800 bits per heavy atom. The van der Waals surface area contributed by atoms with Gasteiger partial charge in [0.1, 0.15) is 0 Å². The number of imide groups is 1. The van der Waals surface area contributed by atoms with Crippen LogP contribution in [0.1, 0.15) is 32.6 Å². The summed E-state index contributed by atoms with van der Waals surface area (Å²) in [6.07, 6.45) is -3.09. The third-order valence-electron chi connectivity index (χ3n) is 6.52. The molecule has 35 heavy (non-hydrogen) atoms. The van der Waals surface area contributed by atoms with Gasteiger partial charge in [-0.1, -0.05) is 0 Å². The minimum atomic E-state index is -1.14. The molecular weight excluding hydrogens is 513 g/mol. The van der Waals surface area contributed by atoms with Crippen LogP contribution in [0.25, 0.3) is 0 Å². The topological polar surface area (TPSA) is 85.3 Å². The fourth-order valence-electron chi connectivity index (χ4n) is 4.84. The molecule has 178 valence electrons. The first kappa shape index (κ1) is 22.6. The molecule has 0 aliphatic carbocycles. The molecule has 3 aromatic carbocycles. The molecule has 2 saturated heterocycles. The Morgan fingerprint density at radius 2 is 1.40 bits per heavy atom. The third-order valence-corrected chi connectivity index (χ3v) is 8.97. The van der Waals surface area contributed by atoms with E-state index in [4.69, 9.17) is 14.2 Å². The second-order valence-electron chi connectivity index (χ2n) is 8.66. The van der Waals surface area contributed by atoms with Crippen LogP contribution in [0.4, 0.5) is 0 Å². The Labute approximate surface area is 208 Å². The number of ether oxygens (including phenoxy) is 3. The van der Waals surface area contributed by atoms with Crippen molar-refractivity contribution in [1.29, 1.82) is 0 Å². The van der Waals surface area contributed by atoms with Gasteiger partial charge < -0.3 is 0 Å². The fourth-order valence-corrected chi connectivity index (χ4v) is 7.36. The van der Waals surface area contributed by atoms with Crippen molar-refractivity contribution in [2.45, 2.75) is 35.6 Å². The van der Waals surface area contributed by atoms with Crippen LogP contribution in [0, 0.1) is 0 Å². The minimum absolute atomic E-state index is 0.234. The monoisotopic (exact) mass is 537 g/mol. The Balaban J connectivity index is 1.34. The number of aliphatic hydroxyl groups excluding tert-OH is 1. The van der Waals surface area contributed by atoms with Crippen molar-refractivity contribution >= 4 is 31.2 Å². The van der Waals surface area contributed by atoms with Crippen molar-refractivity contribution in [1.82, 2.24) is 4.90 Å². The molecule has 8 heteroatoms. The van der Waals surface area contributed by atoms with Crippen LogP contribution in [0.15, 0.2) is 84.9 Å². The Kier molecular flexibility index (Phi) is 6.02. The van der Waals surface area contributed by atoms with Crippen LogP contribution in [0.5, 0.6) is 0 Å². The summed E-state index contributed by atoms with van der Waals surface area (Å²) in [6.45, 7) is 0.234. The molecule has 6 rings (SSSR count). The third kappa shape index (κ3) is 4.02. The number of carbonyl (C=O) groups is 2. The van der Waals surface area contributed by atoms with Crippen molar-refractivity contribution in [3.05, 3.63) is 102 Å². The normalized spacial score (nSPS) is 30.1. The molecule has 2 amide bonds. The van der Waals surface area contributed by atoms with E-state index in [1.165, 1.54) is 4.90 Å². The second-order valence-corrected chi connectivity index (χ2v) is 11.1. The van der Waals surface area contributed by atoms with Crippen molar-refractivity contribution in [3.63, 3.8) is 0 Å². The van der Waals surface area contributed by atoms with Crippen molar-refractivity contribution in [2.75, 3.05) is 6.61 Å². The van der Waals surface area contributed by atoms with Gasteiger partial charge in [-0.25, -0.2) is 0 Å². The van der Waals surface area contributed by atoms with E-state index in [2.05, 4.69) is 0 Å². The van der Waals surface area contributed by atoms with Gasteiger partial charge in [0.15, 0.2) is 0 Å². The van der Waals surface area contributed by atoms with Gasteiger partial charge in [-0.2, -0.15) is 0 Å². The Morgan fingerprint density at radius 3 is 2.06 bits per heavy atom. The Hall–Kier alpha value is -2.84. The summed E-state index contributed by atoms with van der Waals surface area (Å²) in [5.74, 6) is -0.838. The maximum atomic E-state index is 13.4. The molecule has 3 aliphatic heterocycles. The van der Waals surface area contributed by atoms with Gasteiger partial charge in [-0.3, -0.25) is 0 Å². The quantitative estimate of drug-likeness (QED) is 0.405. The number of amides is 2. The zero-order valence-electron chi connectivity index (χ0n) is 18.6. The molecular formula is C27H23NO6Se. The first-order chi connectivity index (χ1) is 17.1. The number of hydrogen-bond donors (Lipinski definition) is 1. The number of benzene rings is 3. The standard InChI is InChI=1S/C27H23NO6Se/c29-22-21(28-24(30)18-13-7-8-14-19(18)25(28)31)27(35-17-11-5-2-6-12-17)33-20-15-32-26(34-23(20)22)16-9-3-1-4-10-16/h1-14,20-23,26-27,29H,15H2. The molecule has 6 atom stereocenters. The van der Waals surface area contributed by atoms with Crippen LogP contribution < -0.4 is 4.46 Å². The first-order valence-electron chi connectivity index (χ1n) is 11.5. The number of carbonyl (C=O) groups excluding carboxylic acids is 2. The van der Waals surface area contributed by atoms with Gasteiger partial charge in [-0.15, -0.1) is 0 Å². The average molecular weight is 536 g/mol. The van der Waals surface area contributed by atoms with Crippen molar-refractivity contribution in [3.8, 4) is 0 Å². The van der Waals surface area contributed by atoms with E-state index < -0.39 is 47.5 Å². The van der Waals surface area contributed by atoms with Gasteiger partial charge >= 0.3 is 209 Å². The number of aliphatic hydroxyl groups is 1. The summed E-state index contributed by atoms with van der Waals surface area (Å²) in [5, 5.41) is 11.1. The van der Waals surface area contributed by atoms with E-state index in [0.29, 0.717) is 11.1 Å². The summed E-state index contributed by atoms with van der Waals surface area (Å²) in [7, 11) is 0. The predicted molar refractivity (Wildman–Crippen MR) is 127 cm³/mol. The number of hydrogen-bond acceptors (Lipinski definition) is 6. The molecule has 3 aromatic rings. The summed E-state index contributed by atoms with van der Waals surface area (Å²) in [4.78, 5) is 27.9. The number of rotatable bonds is 4. The van der Waals surface area contributed by atoms with Crippen molar-refractivity contribution in [2.24, 2.45) is 0 Å². The number of fused-ring (bicyclic) bond motifs is 2. The molecule has 3 heterocycles. The summed E-state index contributed by atoms with van der Waals surface area (Å²) < 4.78 is 19.6. The Bertz CT molecular complexity index is 1200. The predicted octanol–water partition coefficient (Wildman–Crippen LogP) is 1.88. The molecule has 3 aliphatic rings. The molecule has 2 fully saturated rings. The molecule has 0 spiro atoms. The van der Waals surface area contributed by atoms with E-state index >= 15 is 0 Å². The van der Waals surface area contributed by atoms with Gasteiger partial charge in [0.05, 0.1) is 0 Å². The zero-order chi connectivity index (χ0) is 23.9. The SMILES string of the molecule is O=C1c2ccccc2C(=O)N1C1C([Se]c2ccccc2)OC2COC(c3ccccc3)OC2C1O. The van der Waals surface area contributed by atoms with Crippen LogP contribution >= 0.6 is 0 Å². The van der Waals surface area contributed by atoms with Crippen LogP contribution in [0.3, 0.4) is 0 Å². The molecule has 7 nitrogen and oxygen atoms in total. The summed E-state index contributed by atoms with van der Waals surface area (Å²) in [5.41, 5.74) is 1.51. The van der Waals surface area contributed by atoms with Crippen LogP contribution in [-0.4, -0.2) is 72.7 Å². The molecule has 0 aromatic heterocycles. The summed E-state index contributed by atoms with van der Waals surface area (Å²) in [6, 6.07) is 25.1. The van der Waals surface area contributed by atoms with Gasteiger partial charge in [-0.05, 0) is 0 Å². The molecule has 6 unspecified atom stereocenters. The van der Waals surface area contributed by atoms with Gasteiger partial charge in [0.25, 0.3) is 0 Å². The van der Waals surface area contributed by atoms with E-state index in [1.54, 1.807) is 24.3 Å². The second kappa shape index (κ2) is 9.32. The van der Waals surface area contributed by atoms with Crippen molar-refractivity contribution < 1.29 is 28.9 Å². The maximum absolute atomic E-state index is 13.4. The van der Waals surface area contributed by atoms with E-state index in [0.717, 1.165) is 10.0 Å². The fraction of sp³-hybridized carbons (Fsp3) is 0.259. The van der Waals surface area contributed by atoms with Crippen LogP contribution in [-0.2, 0) is 14.2 Å². The van der Waals surface area contributed by atoms with Gasteiger partial charge in [0, 0.05) is 0 Å².